The van der Waals surface area contributed by atoms with Crippen LogP contribution in [0.1, 0.15) is 12.5 Å². The second-order valence-electron chi connectivity index (χ2n) is 4.17. The molecule has 0 heterocycles. The first-order chi connectivity index (χ1) is 8.43. The summed E-state index contributed by atoms with van der Waals surface area (Å²) in [5.74, 6) is -1.69. The summed E-state index contributed by atoms with van der Waals surface area (Å²) in [4.78, 5) is 23.9. The van der Waals surface area contributed by atoms with Crippen molar-refractivity contribution in [2.75, 3.05) is 7.05 Å². The number of aliphatic hydroxyl groups is 1. The van der Waals surface area contributed by atoms with Gasteiger partial charge >= 0.3 is 5.97 Å². The fourth-order valence-corrected chi connectivity index (χ4v) is 1.68. The summed E-state index contributed by atoms with van der Waals surface area (Å²) in [7, 11) is 1.39. The van der Waals surface area contributed by atoms with E-state index in [-0.39, 0.29) is 6.42 Å². The molecule has 2 atom stereocenters. The average molecular weight is 251 g/mol. The molecule has 5 heteroatoms. The molecule has 0 aromatic heterocycles. The quantitative estimate of drug-likeness (QED) is 0.799. The molecule has 1 aromatic carbocycles. The number of aliphatic hydroxyl groups excluding tert-OH is 1. The number of likely N-dealkylation sites (N-methyl/N-ethyl adjacent to an activating group) is 1. The van der Waals surface area contributed by atoms with Crippen LogP contribution < -0.4 is 0 Å². The average Bonchev–Trinajstić information content (AvgIpc) is 2.35. The maximum Gasteiger partial charge on any atom is 0.326 e. The molecule has 0 aliphatic heterocycles. The van der Waals surface area contributed by atoms with Crippen LogP contribution in [0.25, 0.3) is 0 Å². The van der Waals surface area contributed by atoms with E-state index in [0.29, 0.717) is 0 Å². The van der Waals surface area contributed by atoms with Crippen molar-refractivity contribution in [1.82, 2.24) is 4.90 Å². The number of carboxylic acid groups (broad SMARTS) is 1. The Morgan fingerprint density at radius 2 is 1.83 bits per heavy atom. The fraction of sp³-hybridized carbons (Fsp3) is 0.385. The van der Waals surface area contributed by atoms with Crippen LogP contribution in [-0.4, -0.2) is 46.2 Å². The van der Waals surface area contributed by atoms with Gasteiger partial charge in [0.15, 0.2) is 0 Å². The Bertz CT molecular complexity index is 416. The number of rotatable bonds is 5. The van der Waals surface area contributed by atoms with E-state index in [1.54, 1.807) is 12.1 Å². The van der Waals surface area contributed by atoms with E-state index < -0.39 is 24.0 Å². The van der Waals surface area contributed by atoms with Gasteiger partial charge in [0.2, 0.25) is 0 Å². The maximum absolute atomic E-state index is 11.6. The molecule has 0 saturated carbocycles. The lowest BCUT2D eigenvalue weighted by Gasteiger charge is -2.26. The standard InChI is InChI=1S/C13H17NO4/c1-9(15)12(16)14(2)11(13(17)18)8-10-6-4-3-5-7-10/h3-7,9,11,15H,8H2,1-2H3,(H,17,18)/t9-,11-/m0/s1. The van der Waals surface area contributed by atoms with Gasteiger partial charge in [-0.05, 0) is 12.5 Å². The zero-order valence-electron chi connectivity index (χ0n) is 10.4. The Hall–Kier alpha value is -1.88. The van der Waals surface area contributed by atoms with Gasteiger partial charge in [0.25, 0.3) is 5.91 Å². The van der Waals surface area contributed by atoms with E-state index in [4.69, 9.17) is 5.11 Å². The lowest BCUT2D eigenvalue weighted by molar-refractivity contribution is -0.152. The summed E-state index contributed by atoms with van der Waals surface area (Å²) in [6, 6.07) is 8.08. The number of carbonyl (C=O) groups is 2. The van der Waals surface area contributed by atoms with Crippen LogP contribution in [0.5, 0.6) is 0 Å². The van der Waals surface area contributed by atoms with Gasteiger partial charge in [-0.1, -0.05) is 30.3 Å². The molecule has 0 spiro atoms. The summed E-state index contributed by atoms with van der Waals surface area (Å²) in [5.41, 5.74) is 0.829. The molecule has 0 bridgehead atoms. The predicted molar refractivity (Wildman–Crippen MR) is 66.0 cm³/mol. The van der Waals surface area contributed by atoms with E-state index in [1.807, 2.05) is 18.2 Å². The van der Waals surface area contributed by atoms with Crippen LogP contribution in [-0.2, 0) is 16.0 Å². The minimum atomic E-state index is -1.20. The van der Waals surface area contributed by atoms with E-state index in [9.17, 15) is 14.7 Å². The molecule has 98 valence electrons. The SMILES string of the molecule is C[C@H](O)C(=O)N(C)[C@@H](Cc1ccccc1)C(=O)O. The van der Waals surface area contributed by atoms with Crippen molar-refractivity contribution in [1.29, 1.82) is 0 Å². The maximum atomic E-state index is 11.6. The predicted octanol–water partition coefficient (Wildman–Crippen LogP) is 0.521. The first-order valence-corrected chi connectivity index (χ1v) is 5.65. The topological polar surface area (TPSA) is 77.8 Å². The Labute approximate surface area is 106 Å². The molecule has 1 amide bonds. The first kappa shape index (κ1) is 14.2. The van der Waals surface area contributed by atoms with Gasteiger partial charge in [0, 0.05) is 13.5 Å². The Kier molecular flexibility index (Phi) is 4.85. The van der Waals surface area contributed by atoms with Gasteiger partial charge in [0.1, 0.15) is 12.1 Å². The van der Waals surface area contributed by atoms with Gasteiger partial charge in [0.05, 0.1) is 0 Å². The highest BCUT2D eigenvalue weighted by Crippen LogP contribution is 2.09. The largest absolute Gasteiger partial charge is 0.480 e. The van der Waals surface area contributed by atoms with E-state index in [1.165, 1.54) is 14.0 Å². The second-order valence-corrected chi connectivity index (χ2v) is 4.17. The number of carboxylic acids is 1. The monoisotopic (exact) mass is 251 g/mol. The number of aliphatic carboxylic acids is 1. The third kappa shape index (κ3) is 3.56. The van der Waals surface area contributed by atoms with Crippen molar-refractivity contribution in [2.24, 2.45) is 0 Å². The molecule has 5 nitrogen and oxygen atoms in total. The molecule has 0 fully saturated rings. The number of carbonyl (C=O) groups excluding carboxylic acids is 1. The molecular weight excluding hydrogens is 234 g/mol. The second kappa shape index (κ2) is 6.16. The fourth-order valence-electron chi connectivity index (χ4n) is 1.68. The molecular formula is C13H17NO4. The number of nitrogens with zero attached hydrogens (tertiary/aromatic N) is 1. The molecule has 2 N–H and O–H groups in total. The van der Waals surface area contributed by atoms with Gasteiger partial charge in [-0.2, -0.15) is 0 Å². The van der Waals surface area contributed by atoms with Crippen molar-refractivity contribution < 1.29 is 19.8 Å². The van der Waals surface area contributed by atoms with Crippen LogP contribution in [0.2, 0.25) is 0 Å². The molecule has 0 unspecified atom stereocenters. The van der Waals surface area contributed by atoms with Crippen LogP contribution in [0.15, 0.2) is 30.3 Å². The van der Waals surface area contributed by atoms with Gasteiger partial charge < -0.3 is 15.1 Å². The molecule has 0 aliphatic rings. The molecule has 0 saturated heterocycles. The van der Waals surface area contributed by atoms with Gasteiger partial charge in [-0.25, -0.2) is 4.79 Å². The number of hydrogen-bond acceptors (Lipinski definition) is 3. The van der Waals surface area contributed by atoms with Crippen molar-refractivity contribution >= 4 is 11.9 Å². The molecule has 18 heavy (non-hydrogen) atoms. The van der Waals surface area contributed by atoms with Crippen LogP contribution >= 0.6 is 0 Å². The summed E-state index contributed by atoms with van der Waals surface area (Å²) < 4.78 is 0. The highest BCUT2D eigenvalue weighted by Gasteiger charge is 2.28. The molecule has 0 radical (unpaired) electrons. The zero-order valence-corrected chi connectivity index (χ0v) is 10.4. The van der Waals surface area contributed by atoms with Crippen LogP contribution in [0, 0.1) is 0 Å². The summed E-state index contributed by atoms with van der Waals surface area (Å²) >= 11 is 0. The first-order valence-electron chi connectivity index (χ1n) is 5.65. The minimum absolute atomic E-state index is 0.213. The highest BCUT2D eigenvalue weighted by atomic mass is 16.4. The van der Waals surface area contributed by atoms with Crippen molar-refractivity contribution in [3.05, 3.63) is 35.9 Å². The third-order valence-corrected chi connectivity index (χ3v) is 2.73. The smallest absolute Gasteiger partial charge is 0.326 e. The minimum Gasteiger partial charge on any atom is -0.480 e. The summed E-state index contributed by atoms with van der Waals surface area (Å²) in [5, 5.41) is 18.4. The summed E-state index contributed by atoms with van der Waals surface area (Å²) in [6.07, 6.45) is -0.988. The van der Waals surface area contributed by atoms with Crippen molar-refractivity contribution in [3.8, 4) is 0 Å². The van der Waals surface area contributed by atoms with E-state index in [0.717, 1.165) is 10.5 Å². The summed E-state index contributed by atoms with van der Waals surface area (Å²) in [6.45, 7) is 1.32. The number of benzene rings is 1. The molecule has 0 aliphatic carbocycles. The van der Waals surface area contributed by atoms with E-state index in [2.05, 4.69) is 0 Å². The van der Waals surface area contributed by atoms with Gasteiger partial charge in [-0.3, -0.25) is 4.79 Å². The van der Waals surface area contributed by atoms with E-state index >= 15 is 0 Å². The lowest BCUT2D eigenvalue weighted by Crippen LogP contribution is -2.47. The van der Waals surface area contributed by atoms with Crippen molar-refractivity contribution in [3.63, 3.8) is 0 Å². The zero-order chi connectivity index (χ0) is 13.7. The molecule has 1 aromatic rings. The van der Waals surface area contributed by atoms with Crippen molar-refractivity contribution in [2.45, 2.75) is 25.5 Å². The van der Waals surface area contributed by atoms with Crippen LogP contribution in [0.3, 0.4) is 0 Å². The number of hydrogen-bond donors (Lipinski definition) is 2. The Morgan fingerprint density at radius 3 is 2.28 bits per heavy atom. The Balaban J connectivity index is 2.84. The normalized spacial score (nSPS) is 13.7. The Morgan fingerprint density at radius 1 is 1.28 bits per heavy atom. The number of amides is 1. The van der Waals surface area contributed by atoms with Gasteiger partial charge in [-0.15, -0.1) is 0 Å². The third-order valence-electron chi connectivity index (χ3n) is 2.73. The molecule has 1 rings (SSSR count). The lowest BCUT2D eigenvalue weighted by atomic mass is 10.0. The highest BCUT2D eigenvalue weighted by molar-refractivity contribution is 5.85. The van der Waals surface area contributed by atoms with Crippen LogP contribution in [0.4, 0.5) is 0 Å².